The molecule has 164 valence electrons. The Labute approximate surface area is 175 Å². The summed E-state index contributed by atoms with van der Waals surface area (Å²) in [5.74, 6) is 1.65. The van der Waals surface area contributed by atoms with Crippen molar-refractivity contribution >= 4 is 0 Å². The van der Waals surface area contributed by atoms with Crippen LogP contribution in [0.5, 0.6) is 11.5 Å². The lowest BCUT2D eigenvalue weighted by Gasteiger charge is -2.32. The molecule has 2 N–H and O–H groups in total. The summed E-state index contributed by atoms with van der Waals surface area (Å²) < 4.78 is 11.5. The van der Waals surface area contributed by atoms with E-state index in [1.165, 1.54) is 32.1 Å². The fraction of sp³-hybridized carbons (Fsp3) is 0.739. The fourth-order valence-electron chi connectivity index (χ4n) is 4.51. The summed E-state index contributed by atoms with van der Waals surface area (Å²) in [6, 6.07) is 6.54. The fourth-order valence-corrected chi connectivity index (χ4v) is 4.51. The molecule has 1 unspecified atom stereocenters. The van der Waals surface area contributed by atoms with E-state index in [0.717, 1.165) is 49.5 Å². The maximum atomic E-state index is 10.4. The highest BCUT2D eigenvalue weighted by Gasteiger charge is 2.21. The number of nitrogens with zero attached hydrogens (tertiary/aromatic N) is 2. The average Bonchev–Trinajstić information content (AvgIpc) is 2.75. The average molecular weight is 407 g/mol. The van der Waals surface area contributed by atoms with Crippen LogP contribution in [-0.2, 0) is 6.54 Å². The molecule has 6 heteroatoms. The lowest BCUT2D eigenvalue weighted by Crippen LogP contribution is -2.41. The molecule has 29 heavy (non-hydrogen) atoms. The van der Waals surface area contributed by atoms with Gasteiger partial charge in [0.05, 0.1) is 13.2 Å². The highest BCUT2D eigenvalue weighted by Crippen LogP contribution is 2.28. The number of rotatable bonds is 9. The standard InChI is InChI=1S/C23H38N2O4/c1-24(19-6-4-3-5-7-19)15-18-14-22(28-2)8-9-23(18)29-17-21(27)16-25-12-10-20(26)11-13-25/h8-9,14,19-21,26-27H,3-7,10-13,15-17H2,1-2H3. The molecule has 1 saturated heterocycles. The number of aliphatic hydroxyl groups excluding tert-OH is 2. The minimum absolute atomic E-state index is 0.192. The van der Waals surface area contributed by atoms with Gasteiger partial charge in [0.2, 0.25) is 0 Å². The minimum Gasteiger partial charge on any atom is -0.497 e. The van der Waals surface area contributed by atoms with Crippen molar-refractivity contribution in [1.29, 1.82) is 0 Å². The van der Waals surface area contributed by atoms with Gasteiger partial charge in [0, 0.05) is 37.8 Å². The Morgan fingerprint density at radius 3 is 2.55 bits per heavy atom. The Morgan fingerprint density at radius 2 is 1.86 bits per heavy atom. The third kappa shape index (κ3) is 6.85. The van der Waals surface area contributed by atoms with Gasteiger partial charge in [0.1, 0.15) is 24.2 Å². The first-order chi connectivity index (χ1) is 14.0. The number of β-amino-alcohol motifs (C(OH)–C–C–N with tert-alkyl or cyclic N) is 1. The van der Waals surface area contributed by atoms with Crippen LogP contribution >= 0.6 is 0 Å². The van der Waals surface area contributed by atoms with E-state index in [0.29, 0.717) is 12.6 Å². The van der Waals surface area contributed by atoms with Crippen molar-refractivity contribution in [3.05, 3.63) is 23.8 Å². The predicted octanol–water partition coefficient (Wildman–Crippen LogP) is 2.66. The van der Waals surface area contributed by atoms with Gasteiger partial charge < -0.3 is 24.6 Å². The molecule has 1 aromatic rings. The van der Waals surface area contributed by atoms with Crippen LogP contribution in [0.25, 0.3) is 0 Å². The summed E-state index contributed by atoms with van der Waals surface area (Å²) in [7, 11) is 3.88. The molecule has 0 spiro atoms. The molecular weight excluding hydrogens is 368 g/mol. The predicted molar refractivity (Wildman–Crippen MR) is 115 cm³/mol. The minimum atomic E-state index is -0.545. The van der Waals surface area contributed by atoms with Crippen molar-refractivity contribution in [3.8, 4) is 11.5 Å². The SMILES string of the molecule is COc1ccc(OCC(O)CN2CCC(O)CC2)c(CN(C)C2CCCCC2)c1. The first kappa shape index (κ1) is 22.3. The molecule has 6 nitrogen and oxygen atoms in total. The second-order valence-electron chi connectivity index (χ2n) is 8.68. The first-order valence-corrected chi connectivity index (χ1v) is 11.1. The van der Waals surface area contributed by atoms with Crippen LogP contribution in [0.3, 0.4) is 0 Å². The molecule has 1 atom stereocenters. The van der Waals surface area contributed by atoms with Gasteiger partial charge >= 0.3 is 0 Å². The highest BCUT2D eigenvalue weighted by atomic mass is 16.5. The van der Waals surface area contributed by atoms with E-state index >= 15 is 0 Å². The summed E-state index contributed by atoms with van der Waals surface area (Å²) in [6.07, 6.45) is 7.34. The van der Waals surface area contributed by atoms with Crippen molar-refractivity contribution in [2.75, 3.05) is 40.4 Å². The lowest BCUT2D eigenvalue weighted by molar-refractivity contribution is 0.0334. The Morgan fingerprint density at radius 1 is 1.14 bits per heavy atom. The van der Waals surface area contributed by atoms with Gasteiger partial charge in [0.25, 0.3) is 0 Å². The first-order valence-electron chi connectivity index (χ1n) is 11.1. The second-order valence-corrected chi connectivity index (χ2v) is 8.68. The number of likely N-dealkylation sites (tertiary alicyclic amines) is 1. The normalized spacial score (nSPS) is 20.7. The van der Waals surface area contributed by atoms with Crippen LogP contribution in [-0.4, -0.2) is 78.7 Å². The van der Waals surface area contributed by atoms with Crippen molar-refractivity contribution in [3.63, 3.8) is 0 Å². The van der Waals surface area contributed by atoms with Crippen LogP contribution in [0.4, 0.5) is 0 Å². The summed E-state index contributed by atoms with van der Waals surface area (Å²) in [6.45, 7) is 3.33. The number of piperidine rings is 1. The molecule has 1 aliphatic heterocycles. The zero-order valence-corrected chi connectivity index (χ0v) is 18.1. The summed E-state index contributed by atoms with van der Waals surface area (Å²) >= 11 is 0. The molecule has 0 aromatic heterocycles. The number of benzene rings is 1. The Bertz CT molecular complexity index is 613. The second kappa shape index (κ2) is 11.2. The van der Waals surface area contributed by atoms with Crippen LogP contribution in [0.15, 0.2) is 18.2 Å². The maximum absolute atomic E-state index is 10.4. The monoisotopic (exact) mass is 406 g/mol. The number of ether oxygens (including phenoxy) is 2. The molecule has 1 aromatic carbocycles. The van der Waals surface area contributed by atoms with Crippen molar-refractivity contribution in [2.45, 2.75) is 69.7 Å². The largest absolute Gasteiger partial charge is 0.497 e. The van der Waals surface area contributed by atoms with E-state index in [9.17, 15) is 10.2 Å². The Kier molecular flexibility index (Phi) is 8.60. The molecule has 1 saturated carbocycles. The van der Waals surface area contributed by atoms with Crippen LogP contribution in [0.1, 0.15) is 50.5 Å². The zero-order chi connectivity index (χ0) is 20.6. The molecule has 1 heterocycles. The van der Waals surface area contributed by atoms with Gasteiger partial charge in [0.15, 0.2) is 0 Å². The van der Waals surface area contributed by atoms with Gasteiger partial charge in [-0.3, -0.25) is 4.90 Å². The van der Waals surface area contributed by atoms with Crippen molar-refractivity contribution in [1.82, 2.24) is 9.80 Å². The molecule has 3 rings (SSSR count). The molecule has 0 radical (unpaired) electrons. The molecule has 0 amide bonds. The Balaban J connectivity index is 1.56. The Hall–Kier alpha value is -1.34. The number of aliphatic hydroxyl groups is 2. The molecular formula is C23H38N2O4. The van der Waals surface area contributed by atoms with E-state index in [4.69, 9.17) is 9.47 Å². The van der Waals surface area contributed by atoms with E-state index in [1.807, 2.05) is 18.2 Å². The summed E-state index contributed by atoms with van der Waals surface area (Å²) in [4.78, 5) is 4.63. The molecule has 1 aliphatic carbocycles. The van der Waals surface area contributed by atoms with Crippen molar-refractivity contribution < 1.29 is 19.7 Å². The van der Waals surface area contributed by atoms with E-state index in [2.05, 4.69) is 16.8 Å². The molecule has 0 bridgehead atoms. The molecule has 2 aliphatic rings. The van der Waals surface area contributed by atoms with Gasteiger partial charge in [-0.05, 0) is 50.9 Å². The number of hydrogen-bond donors (Lipinski definition) is 2. The summed E-state index contributed by atoms with van der Waals surface area (Å²) in [5, 5.41) is 20.1. The molecule has 2 fully saturated rings. The van der Waals surface area contributed by atoms with Gasteiger partial charge in [-0.15, -0.1) is 0 Å². The van der Waals surface area contributed by atoms with Crippen LogP contribution < -0.4 is 9.47 Å². The third-order valence-corrected chi connectivity index (χ3v) is 6.34. The van der Waals surface area contributed by atoms with E-state index in [-0.39, 0.29) is 12.7 Å². The van der Waals surface area contributed by atoms with Crippen LogP contribution in [0.2, 0.25) is 0 Å². The van der Waals surface area contributed by atoms with Crippen LogP contribution in [0, 0.1) is 0 Å². The van der Waals surface area contributed by atoms with Crippen molar-refractivity contribution in [2.24, 2.45) is 0 Å². The number of hydrogen-bond acceptors (Lipinski definition) is 6. The highest BCUT2D eigenvalue weighted by molar-refractivity contribution is 5.40. The van der Waals surface area contributed by atoms with Gasteiger partial charge in [-0.2, -0.15) is 0 Å². The van der Waals surface area contributed by atoms with Gasteiger partial charge in [-0.1, -0.05) is 19.3 Å². The summed E-state index contributed by atoms with van der Waals surface area (Å²) in [5.41, 5.74) is 1.10. The number of methoxy groups -OCH3 is 1. The zero-order valence-electron chi connectivity index (χ0n) is 18.1. The topological polar surface area (TPSA) is 65.4 Å². The van der Waals surface area contributed by atoms with Gasteiger partial charge in [-0.25, -0.2) is 0 Å². The third-order valence-electron chi connectivity index (χ3n) is 6.34. The smallest absolute Gasteiger partial charge is 0.124 e. The van der Waals surface area contributed by atoms with E-state index in [1.54, 1.807) is 7.11 Å². The lowest BCUT2D eigenvalue weighted by atomic mass is 9.94. The van der Waals surface area contributed by atoms with E-state index < -0.39 is 6.10 Å². The quantitative estimate of drug-likeness (QED) is 0.657. The maximum Gasteiger partial charge on any atom is 0.124 e.